The fourth-order valence-corrected chi connectivity index (χ4v) is 3.16. The summed E-state index contributed by atoms with van der Waals surface area (Å²) in [5, 5.41) is 13.9. The normalized spacial score (nSPS) is 23.5. The van der Waals surface area contributed by atoms with Crippen LogP contribution < -0.4 is 0 Å². The molecule has 0 N–H and O–H groups in total. The van der Waals surface area contributed by atoms with Gasteiger partial charge in [-0.25, -0.2) is 0 Å². The van der Waals surface area contributed by atoms with Crippen molar-refractivity contribution < 1.29 is 9.47 Å². The number of fused-ring (bicyclic) bond motifs is 1. The molecule has 2 fully saturated rings. The third-order valence-corrected chi connectivity index (χ3v) is 4.42. The highest BCUT2D eigenvalue weighted by Gasteiger charge is 2.30. The Bertz CT molecular complexity index is 571. The summed E-state index contributed by atoms with van der Waals surface area (Å²) in [4.78, 5) is 0.873. The standard InChI is InChI=1S/C12H16N4O2S/c1-2-9(18-5-1)6-17-7-10-15-16-11(8-3-4-8)13-14-12(16)19-10/h8-9H,1-7H2/t9-/m0/s1. The van der Waals surface area contributed by atoms with Crippen molar-refractivity contribution >= 4 is 16.3 Å². The molecule has 2 aromatic rings. The zero-order valence-corrected chi connectivity index (χ0v) is 11.4. The van der Waals surface area contributed by atoms with Crippen LogP contribution in [0.1, 0.15) is 42.4 Å². The third kappa shape index (κ3) is 2.37. The maximum absolute atomic E-state index is 5.68. The molecule has 0 aromatic carbocycles. The first kappa shape index (κ1) is 11.7. The highest BCUT2D eigenvalue weighted by Crippen LogP contribution is 2.39. The summed E-state index contributed by atoms with van der Waals surface area (Å²) in [6.07, 6.45) is 4.95. The van der Waals surface area contributed by atoms with Gasteiger partial charge < -0.3 is 9.47 Å². The van der Waals surface area contributed by atoms with Crippen LogP contribution in [0.3, 0.4) is 0 Å². The Morgan fingerprint density at radius 3 is 3.05 bits per heavy atom. The van der Waals surface area contributed by atoms with E-state index in [4.69, 9.17) is 9.47 Å². The van der Waals surface area contributed by atoms with Crippen molar-refractivity contribution in [2.75, 3.05) is 13.2 Å². The molecular weight excluding hydrogens is 264 g/mol. The zero-order valence-electron chi connectivity index (χ0n) is 10.6. The summed E-state index contributed by atoms with van der Waals surface area (Å²) in [6.45, 7) is 2.07. The van der Waals surface area contributed by atoms with E-state index in [-0.39, 0.29) is 6.10 Å². The maximum Gasteiger partial charge on any atom is 0.234 e. The van der Waals surface area contributed by atoms with Crippen LogP contribution in [0.2, 0.25) is 0 Å². The predicted molar refractivity (Wildman–Crippen MR) is 69.3 cm³/mol. The van der Waals surface area contributed by atoms with E-state index in [1.165, 1.54) is 12.8 Å². The molecule has 102 valence electrons. The van der Waals surface area contributed by atoms with Crippen LogP contribution in [0.5, 0.6) is 0 Å². The number of hydrogen-bond donors (Lipinski definition) is 0. The molecule has 3 heterocycles. The molecule has 0 radical (unpaired) electrons. The summed E-state index contributed by atoms with van der Waals surface area (Å²) < 4.78 is 13.1. The van der Waals surface area contributed by atoms with Crippen LogP contribution in [0.15, 0.2) is 0 Å². The van der Waals surface area contributed by atoms with E-state index in [2.05, 4.69) is 15.3 Å². The van der Waals surface area contributed by atoms with Gasteiger partial charge in [-0.2, -0.15) is 9.61 Å². The largest absolute Gasteiger partial charge is 0.376 e. The Morgan fingerprint density at radius 2 is 2.26 bits per heavy atom. The van der Waals surface area contributed by atoms with Gasteiger partial charge in [-0.05, 0) is 25.7 Å². The molecule has 1 atom stereocenters. The SMILES string of the molecule is C1CO[C@H](COCc2nn3c(C4CC4)nnc3s2)C1. The van der Waals surface area contributed by atoms with E-state index in [0.717, 1.165) is 35.2 Å². The number of rotatable bonds is 5. The van der Waals surface area contributed by atoms with Gasteiger partial charge in [-0.15, -0.1) is 10.2 Å². The smallest absolute Gasteiger partial charge is 0.234 e. The van der Waals surface area contributed by atoms with Gasteiger partial charge in [-0.3, -0.25) is 0 Å². The Hall–Kier alpha value is -1.05. The quantitative estimate of drug-likeness (QED) is 0.835. The van der Waals surface area contributed by atoms with E-state index in [1.807, 2.05) is 4.52 Å². The highest BCUT2D eigenvalue weighted by molar-refractivity contribution is 7.16. The average molecular weight is 280 g/mol. The second-order valence-electron chi connectivity index (χ2n) is 5.17. The van der Waals surface area contributed by atoms with E-state index in [1.54, 1.807) is 11.3 Å². The van der Waals surface area contributed by atoms with Crippen LogP contribution in [-0.4, -0.2) is 39.1 Å². The molecule has 1 aliphatic carbocycles. The Balaban J connectivity index is 1.40. The molecule has 1 aliphatic heterocycles. The van der Waals surface area contributed by atoms with Crippen molar-refractivity contribution in [1.82, 2.24) is 19.8 Å². The Labute approximate surface area is 114 Å². The van der Waals surface area contributed by atoms with Crippen LogP contribution >= 0.6 is 11.3 Å². The van der Waals surface area contributed by atoms with Crippen molar-refractivity contribution in [2.24, 2.45) is 0 Å². The molecule has 0 unspecified atom stereocenters. The first-order valence-corrected chi connectivity index (χ1v) is 7.62. The molecule has 6 nitrogen and oxygen atoms in total. The molecule has 19 heavy (non-hydrogen) atoms. The predicted octanol–water partition coefficient (Wildman–Crippen LogP) is 1.76. The van der Waals surface area contributed by atoms with E-state index < -0.39 is 0 Å². The van der Waals surface area contributed by atoms with Crippen molar-refractivity contribution in [3.05, 3.63) is 10.8 Å². The molecule has 0 spiro atoms. The molecule has 2 aromatic heterocycles. The molecule has 2 aliphatic rings. The zero-order chi connectivity index (χ0) is 12.7. The first-order chi connectivity index (χ1) is 9.40. The van der Waals surface area contributed by atoms with Gasteiger partial charge in [0.05, 0.1) is 12.7 Å². The minimum absolute atomic E-state index is 0.271. The summed E-state index contributed by atoms with van der Waals surface area (Å²) in [7, 11) is 0. The summed E-state index contributed by atoms with van der Waals surface area (Å²) >= 11 is 1.56. The topological polar surface area (TPSA) is 61.5 Å². The van der Waals surface area contributed by atoms with Gasteiger partial charge in [0.15, 0.2) is 5.82 Å². The van der Waals surface area contributed by atoms with E-state index >= 15 is 0 Å². The number of nitrogens with zero attached hydrogens (tertiary/aromatic N) is 4. The van der Waals surface area contributed by atoms with Gasteiger partial charge in [0, 0.05) is 12.5 Å². The third-order valence-electron chi connectivity index (χ3n) is 3.55. The number of aromatic nitrogens is 4. The summed E-state index contributed by atoms with van der Waals surface area (Å²) in [5.41, 5.74) is 0. The van der Waals surface area contributed by atoms with Gasteiger partial charge in [-0.1, -0.05) is 11.3 Å². The van der Waals surface area contributed by atoms with Crippen LogP contribution in [-0.2, 0) is 16.1 Å². The lowest BCUT2D eigenvalue weighted by Gasteiger charge is -2.08. The fourth-order valence-electron chi connectivity index (χ4n) is 2.38. The van der Waals surface area contributed by atoms with E-state index in [0.29, 0.717) is 19.1 Å². The van der Waals surface area contributed by atoms with Crippen LogP contribution in [0, 0.1) is 0 Å². The summed E-state index contributed by atoms with van der Waals surface area (Å²) in [5.74, 6) is 1.58. The minimum atomic E-state index is 0.271. The molecular formula is C12H16N4O2S. The van der Waals surface area contributed by atoms with Crippen molar-refractivity contribution in [3.8, 4) is 0 Å². The molecule has 1 saturated carbocycles. The maximum atomic E-state index is 5.68. The van der Waals surface area contributed by atoms with Crippen molar-refractivity contribution in [1.29, 1.82) is 0 Å². The molecule has 4 rings (SSSR count). The molecule has 1 saturated heterocycles. The van der Waals surface area contributed by atoms with Gasteiger partial charge in [0.25, 0.3) is 0 Å². The van der Waals surface area contributed by atoms with Gasteiger partial charge in [0.2, 0.25) is 4.96 Å². The second-order valence-corrected chi connectivity index (χ2v) is 6.21. The van der Waals surface area contributed by atoms with Crippen LogP contribution in [0.4, 0.5) is 0 Å². The molecule has 0 amide bonds. The van der Waals surface area contributed by atoms with Crippen LogP contribution in [0.25, 0.3) is 4.96 Å². The van der Waals surface area contributed by atoms with Crippen molar-refractivity contribution in [2.45, 2.75) is 44.3 Å². The first-order valence-electron chi connectivity index (χ1n) is 6.80. The average Bonchev–Trinajstić information content (AvgIpc) is 2.85. The lowest BCUT2D eigenvalue weighted by Crippen LogP contribution is -2.13. The van der Waals surface area contributed by atoms with Crippen molar-refractivity contribution in [3.63, 3.8) is 0 Å². The minimum Gasteiger partial charge on any atom is -0.376 e. The van der Waals surface area contributed by atoms with Gasteiger partial charge in [0.1, 0.15) is 11.6 Å². The lowest BCUT2D eigenvalue weighted by atomic mass is 10.2. The fraction of sp³-hybridized carbons (Fsp3) is 0.750. The number of ether oxygens (including phenoxy) is 2. The second kappa shape index (κ2) is 4.81. The van der Waals surface area contributed by atoms with E-state index in [9.17, 15) is 0 Å². The lowest BCUT2D eigenvalue weighted by molar-refractivity contribution is 0.0103. The summed E-state index contributed by atoms with van der Waals surface area (Å²) in [6, 6.07) is 0. The molecule has 7 heteroatoms. The monoisotopic (exact) mass is 280 g/mol. The molecule has 0 bridgehead atoms. The highest BCUT2D eigenvalue weighted by atomic mass is 32.1. The van der Waals surface area contributed by atoms with Gasteiger partial charge >= 0.3 is 0 Å². The Kier molecular flexibility index (Phi) is 2.97. The number of hydrogen-bond acceptors (Lipinski definition) is 6. The Morgan fingerprint density at radius 1 is 1.32 bits per heavy atom.